The van der Waals surface area contributed by atoms with Crippen molar-refractivity contribution in [3.8, 4) is 0 Å². The highest BCUT2D eigenvalue weighted by Crippen LogP contribution is 2.26. The number of hydrogen-bond donors (Lipinski definition) is 1. The van der Waals surface area contributed by atoms with Gasteiger partial charge in [0.25, 0.3) is 5.69 Å². The first-order chi connectivity index (χ1) is 9.47. The van der Waals surface area contributed by atoms with Crippen LogP contribution in [0.25, 0.3) is 0 Å². The third kappa shape index (κ3) is 3.27. The minimum absolute atomic E-state index is 0.0484. The van der Waals surface area contributed by atoms with Crippen LogP contribution in [0.1, 0.15) is 24.1 Å². The average Bonchev–Trinajstić information content (AvgIpc) is 2.38. The fraction of sp³-hybridized carbons (Fsp3) is 0.200. The van der Waals surface area contributed by atoms with Crippen molar-refractivity contribution in [2.75, 3.05) is 5.32 Å². The Morgan fingerprint density at radius 1 is 1.25 bits per heavy atom. The van der Waals surface area contributed by atoms with Crippen LogP contribution in [0, 0.1) is 17.0 Å². The van der Waals surface area contributed by atoms with E-state index in [0.717, 1.165) is 11.3 Å². The Morgan fingerprint density at radius 2 is 2.00 bits per heavy atom. The van der Waals surface area contributed by atoms with Gasteiger partial charge in [0.15, 0.2) is 0 Å². The maximum absolute atomic E-state index is 11.0. The van der Waals surface area contributed by atoms with Crippen molar-refractivity contribution >= 4 is 23.0 Å². The molecule has 2 aromatic rings. The normalized spacial score (nSPS) is 11.9. The summed E-state index contributed by atoms with van der Waals surface area (Å²) in [6.07, 6.45) is 0. The highest BCUT2D eigenvalue weighted by atomic mass is 35.5. The van der Waals surface area contributed by atoms with E-state index in [1.54, 1.807) is 25.1 Å². The molecule has 0 aromatic heterocycles. The molecule has 5 heteroatoms. The SMILES string of the molecule is Cc1ccc(C(C)Nc2cccc(Cl)c2)cc1[N+](=O)[O-]. The van der Waals surface area contributed by atoms with Crippen LogP contribution in [0.2, 0.25) is 5.02 Å². The van der Waals surface area contributed by atoms with Crippen LogP contribution < -0.4 is 5.32 Å². The number of aryl methyl sites for hydroxylation is 1. The first kappa shape index (κ1) is 14.3. The summed E-state index contributed by atoms with van der Waals surface area (Å²) in [5.41, 5.74) is 2.55. The molecule has 0 saturated heterocycles. The van der Waals surface area contributed by atoms with E-state index >= 15 is 0 Å². The Labute approximate surface area is 122 Å². The monoisotopic (exact) mass is 290 g/mol. The fourth-order valence-electron chi connectivity index (χ4n) is 2.00. The van der Waals surface area contributed by atoms with Gasteiger partial charge in [0.2, 0.25) is 0 Å². The van der Waals surface area contributed by atoms with Gasteiger partial charge in [-0.3, -0.25) is 10.1 Å². The van der Waals surface area contributed by atoms with Crippen molar-refractivity contribution in [2.24, 2.45) is 0 Å². The van der Waals surface area contributed by atoms with Crippen LogP contribution in [-0.2, 0) is 0 Å². The lowest BCUT2D eigenvalue weighted by Crippen LogP contribution is -2.07. The van der Waals surface area contributed by atoms with Crippen molar-refractivity contribution in [3.63, 3.8) is 0 Å². The summed E-state index contributed by atoms with van der Waals surface area (Å²) < 4.78 is 0. The number of nitro benzene ring substituents is 1. The average molecular weight is 291 g/mol. The molecule has 1 unspecified atom stereocenters. The lowest BCUT2D eigenvalue weighted by Gasteiger charge is -2.16. The second kappa shape index (κ2) is 5.92. The molecular weight excluding hydrogens is 276 g/mol. The van der Waals surface area contributed by atoms with E-state index in [1.165, 1.54) is 0 Å². The lowest BCUT2D eigenvalue weighted by molar-refractivity contribution is -0.385. The van der Waals surface area contributed by atoms with Gasteiger partial charge in [0.1, 0.15) is 0 Å². The molecule has 2 rings (SSSR count). The number of nitro groups is 1. The van der Waals surface area contributed by atoms with Crippen molar-refractivity contribution in [3.05, 3.63) is 68.7 Å². The molecule has 0 amide bonds. The van der Waals surface area contributed by atoms with Crippen LogP contribution >= 0.6 is 11.6 Å². The maximum atomic E-state index is 11.0. The lowest BCUT2D eigenvalue weighted by atomic mass is 10.0. The fourth-order valence-corrected chi connectivity index (χ4v) is 2.19. The minimum atomic E-state index is -0.356. The molecule has 0 heterocycles. The number of anilines is 1. The Bertz CT molecular complexity index is 644. The van der Waals surface area contributed by atoms with Crippen molar-refractivity contribution in [1.82, 2.24) is 0 Å². The third-order valence-corrected chi connectivity index (χ3v) is 3.37. The highest BCUT2D eigenvalue weighted by Gasteiger charge is 2.14. The van der Waals surface area contributed by atoms with Gasteiger partial charge >= 0.3 is 0 Å². The number of halogens is 1. The Kier molecular flexibility index (Phi) is 4.25. The third-order valence-electron chi connectivity index (χ3n) is 3.14. The summed E-state index contributed by atoms with van der Waals surface area (Å²) in [4.78, 5) is 10.6. The maximum Gasteiger partial charge on any atom is 0.272 e. The molecule has 0 saturated carbocycles. The molecule has 0 aliphatic rings. The molecule has 104 valence electrons. The van der Waals surface area contributed by atoms with Gasteiger partial charge in [-0.1, -0.05) is 29.8 Å². The predicted molar refractivity (Wildman–Crippen MR) is 81.3 cm³/mol. The van der Waals surface area contributed by atoms with Crippen LogP contribution in [0.5, 0.6) is 0 Å². The molecule has 0 aliphatic carbocycles. The quantitative estimate of drug-likeness (QED) is 0.654. The summed E-state index contributed by atoms with van der Waals surface area (Å²) in [6, 6.07) is 12.6. The van der Waals surface area contributed by atoms with E-state index in [0.29, 0.717) is 10.6 Å². The predicted octanol–water partition coefficient (Wildman–Crippen LogP) is 4.73. The van der Waals surface area contributed by atoms with Crippen molar-refractivity contribution < 1.29 is 4.92 Å². The van der Waals surface area contributed by atoms with Crippen LogP contribution in [0.15, 0.2) is 42.5 Å². The molecule has 0 fully saturated rings. The Morgan fingerprint density at radius 3 is 2.65 bits per heavy atom. The number of hydrogen-bond acceptors (Lipinski definition) is 3. The highest BCUT2D eigenvalue weighted by molar-refractivity contribution is 6.30. The van der Waals surface area contributed by atoms with E-state index < -0.39 is 0 Å². The summed E-state index contributed by atoms with van der Waals surface area (Å²) in [6.45, 7) is 3.69. The molecule has 0 aliphatic heterocycles. The second-order valence-corrected chi connectivity index (χ2v) is 5.12. The van der Waals surface area contributed by atoms with E-state index in [-0.39, 0.29) is 16.7 Å². The summed E-state index contributed by atoms with van der Waals surface area (Å²) in [7, 11) is 0. The summed E-state index contributed by atoms with van der Waals surface area (Å²) in [5, 5.41) is 14.9. The van der Waals surface area contributed by atoms with E-state index in [1.807, 2.05) is 31.2 Å². The summed E-state index contributed by atoms with van der Waals surface area (Å²) in [5.74, 6) is 0. The minimum Gasteiger partial charge on any atom is -0.378 e. The van der Waals surface area contributed by atoms with Crippen LogP contribution in [0.3, 0.4) is 0 Å². The molecule has 0 radical (unpaired) electrons. The van der Waals surface area contributed by atoms with Crippen LogP contribution in [-0.4, -0.2) is 4.92 Å². The van der Waals surface area contributed by atoms with Gasteiger partial charge in [0, 0.05) is 28.4 Å². The molecule has 1 N–H and O–H groups in total. The molecule has 1 atom stereocenters. The van der Waals surface area contributed by atoms with E-state index in [9.17, 15) is 10.1 Å². The molecular formula is C15H15ClN2O2. The summed E-state index contributed by atoms with van der Waals surface area (Å²) >= 11 is 5.93. The van der Waals surface area contributed by atoms with Gasteiger partial charge in [0.05, 0.1) is 4.92 Å². The second-order valence-electron chi connectivity index (χ2n) is 4.68. The zero-order valence-electron chi connectivity index (χ0n) is 11.3. The van der Waals surface area contributed by atoms with Crippen molar-refractivity contribution in [1.29, 1.82) is 0 Å². The van der Waals surface area contributed by atoms with E-state index in [4.69, 9.17) is 11.6 Å². The standard InChI is InChI=1S/C15H15ClN2O2/c1-10-6-7-12(8-15(10)18(19)20)11(2)17-14-5-3-4-13(16)9-14/h3-9,11,17H,1-2H3. The zero-order chi connectivity index (χ0) is 14.7. The largest absolute Gasteiger partial charge is 0.378 e. The number of nitrogens with zero attached hydrogens (tertiary/aromatic N) is 1. The smallest absolute Gasteiger partial charge is 0.272 e. The van der Waals surface area contributed by atoms with Gasteiger partial charge in [-0.15, -0.1) is 0 Å². The van der Waals surface area contributed by atoms with Gasteiger partial charge in [-0.25, -0.2) is 0 Å². The molecule has 0 bridgehead atoms. The first-order valence-electron chi connectivity index (χ1n) is 6.24. The van der Waals surface area contributed by atoms with Crippen LogP contribution in [0.4, 0.5) is 11.4 Å². The topological polar surface area (TPSA) is 55.2 Å². The molecule has 4 nitrogen and oxygen atoms in total. The first-order valence-corrected chi connectivity index (χ1v) is 6.62. The van der Waals surface area contributed by atoms with Crippen molar-refractivity contribution in [2.45, 2.75) is 19.9 Å². The van der Waals surface area contributed by atoms with Gasteiger partial charge in [-0.05, 0) is 37.6 Å². The Balaban J connectivity index is 2.23. The number of rotatable bonds is 4. The zero-order valence-corrected chi connectivity index (χ0v) is 12.0. The number of nitrogens with one attached hydrogen (secondary N) is 1. The van der Waals surface area contributed by atoms with E-state index in [2.05, 4.69) is 5.32 Å². The number of benzene rings is 2. The molecule has 0 spiro atoms. The Hall–Kier alpha value is -2.07. The molecule has 2 aromatic carbocycles. The molecule has 20 heavy (non-hydrogen) atoms. The van der Waals surface area contributed by atoms with Gasteiger partial charge in [-0.2, -0.15) is 0 Å². The van der Waals surface area contributed by atoms with Gasteiger partial charge < -0.3 is 5.32 Å².